The molecular formula is C13H11F3O4. The number of Topliss-reactive ketones (excluding diaryl/α,β-unsaturated/α-hetero) is 1. The Balaban J connectivity index is 2.30. The zero-order chi connectivity index (χ0) is 14.9. The number of ketones is 1. The lowest BCUT2D eigenvalue weighted by atomic mass is 9.91. The van der Waals surface area contributed by atoms with E-state index in [1.807, 2.05) is 0 Å². The second-order valence-electron chi connectivity index (χ2n) is 4.39. The third-order valence-corrected chi connectivity index (χ3v) is 2.95. The molecule has 1 heterocycles. The van der Waals surface area contributed by atoms with Gasteiger partial charge in [-0.05, 0) is 18.2 Å². The van der Waals surface area contributed by atoms with Crippen molar-refractivity contribution in [1.29, 1.82) is 0 Å². The van der Waals surface area contributed by atoms with Gasteiger partial charge in [-0.1, -0.05) is 0 Å². The van der Waals surface area contributed by atoms with Crippen LogP contribution < -0.4 is 4.74 Å². The van der Waals surface area contributed by atoms with Crippen LogP contribution in [0.1, 0.15) is 27.1 Å². The lowest BCUT2D eigenvalue weighted by Gasteiger charge is -2.25. The molecule has 1 atom stereocenters. The van der Waals surface area contributed by atoms with Crippen LogP contribution in [0.25, 0.3) is 0 Å². The van der Waals surface area contributed by atoms with Crippen LogP contribution in [-0.2, 0) is 4.74 Å². The zero-order valence-corrected chi connectivity index (χ0v) is 10.5. The van der Waals surface area contributed by atoms with Gasteiger partial charge in [0.05, 0.1) is 37.2 Å². The first-order valence-corrected chi connectivity index (χ1v) is 5.78. The van der Waals surface area contributed by atoms with Crippen LogP contribution in [0.15, 0.2) is 18.2 Å². The molecule has 0 saturated carbocycles. The summed E-state index contributed by atoms with van der Waals surface area (Å²) in [6.45, 7) is -0.317. The Morgan fingerprint density at radius 1 is 1.45 bits per heavy atom. The molecular weight excluding hydrogens is 277 g/mol. The molecule has 1 unspecified atom stereocenters. The van der Waals surface area contributed by atoms with Gasteiger partial charge < -0.3 is 9.47 Å². The summed E-state index contributed by atoms with van der Waals surface area (Å²) in [5.41, 5.74) is 0.0734. The number of fused-ring (bicyclic) bond motifs is 1. The van der Waals surface area contributed by atoms with Gasteiger partial charge in [-0.25, -0.2) is 4.79 Å². The highest BCUT2D eigenvalue weighted by Crippen LogP contribution is 2.34. The van der Waals surface area contributed by atoms with E-state index in [2.05, 4.69) is 4.74 Å². The molecule has 20 heavy (non-hydrogen) atoms. The molecule has 0 amide bonds. The number of hydrogen-bond acceptors (Lipinski definition) is 4. The van der Waals surface area contributed by atoms with Crippen LogP contribution in [0.5, 0.6) is 5.75 Å². The van der Waals surface area contributed by atoms with Gasteiger partial charge in [0.2, 0.25) is 0 Å². The van der Waals surface area contributed by atoms with E-state index in [9.17, 15) is 22.8 Å². The lowest BCUT2D eigenvalue weighted by molar-refractivity contribution is -0.143. The fourth-order valence-electron chi connectivity index (χ4n) is 2.01. The minimum atomic E-state index is -4.44. The number of hydrogen-bond donors (Lipinski definition) is 0. The van der Waals surface area contributed by atoms with Crippen molar-refractivity contribution in [2.45, 2.75) is 12.6 Å². The quantitative estimate of drug-likeness (QED) is 0.785. The van der Waals surface area contributed by atoms with Crippen molar-refractivity contribution >= 4 is 11.8 Å². The van der Waals surface area contributed by atoms with E-state index in [1.54, 1.807) is 0 Å². The molecule has 108 valence electrons. The maximum Gasteiger partial charge on any atom is 0.389 e. The van der Waals surface area contributed by atoms with Gasteiger partial charge in [0.1, 0.15) is 5.75 Å². The third kappa shape index (κ3) is 2.92. The molecule has 0 spiro atoms. The fourth-order valence-corrected chi connectivity index (χ4v) is 2.01. The molecule has 2 rings (SSSR count). The van der Waals surface area contributed by atoms with Crippen LogP contribution >= 0.6 is 0 Å². The molecule has 0 aromatic heterocycles. The summed E-state index contributed by atoms with van der Waals surface area (Å²) in [5.74, 6) is -2.44. The number of benzene rings is 1. The summed E-state index contributed by atoms with van der Waals surface area (Å²) >= 11 is 0. The van der Waals surface area contributed by atoms with E-state index >= 15 is 0 Å². The Hall–Kier alpha value is -2.05. The Labute approximate surface area is 112 Å². The van der Waals surface area contributed by atoms with Crippen LogP contribution in [0.2, 0.25) is 0 Å². The third-order valence-electron chi connectivity index (χ3n) is 2.95. The van der Waals surface area contributed by atoms with E-state index in [0.29, 0.717) is 0 Å². The fraction of sp³-hybridized carbons (Fsp3) is 0.385. The van der Waals surface area contributed by atoms with Gasteiger partial charge in [-0.15, -0.1) is 0 Å². The standard InChI is InChI=1S/C13H11F3O4/c1-19-12(18)7-2-3-10-9(4-7)11(17)8(6-20-10)5-13(14,15)16/h2-4,8H,5-6H2,1H3. The molecule has 7 heteroatoms. The summed E-state index contributed by atoms with van der Waals surface area (Å²) in [7, 11) is 1.17. The first-order valence-electron chi connectivity index (χ1n) is 5.78. The van der Waals surface area contributed by atoms with Crippen LogP contribution in [0.3, 0.4) is 0 Å². The molecule has 0 saturated heterocycles. The first-order chi connectivity index (χ1) is 9.31. The van der Waals surface area contributed by atoms with Gasteiger partial charge in [0, 0.05) is 0 Å². The predicted molar refractivity (Wildman–Crippen MR) is 61.8 cm³/mol. The number of halogens is 3. The molecule has 1 aromatic rings. The van der Waals surface area contributed by atoms with Crippen LogP contribution in [-0.4, -0.2) is 31.6 Å². The smallest absolute Gasteiger partial charge is 0.389 e. The summed E-state index contributed by atoms with van der Waals surface area (Å²) in [6, 6.07) is 3.97. The molecule has 0 bridgehead atoms. The van der Waals surface area contributed by atoms with Crippen molar-refractivity contribution in [2.75, 3.05) is 13.7 Å². The molecule has 0 N–H and O–H groups in total. The van der Waals surface area contributed by atoms with Crippen molar-refractivity contribution in [2.24, 2.45) is 5.92 Å². The summed E-state index contributed by atoms with van der Waals surface area (Å²) in [6.07, 6.45) is -5.69. The van der Waals surface area contributed by atoms with E-state index < -0.39 is 30.3 Å². The average molecular weight is 288 g/mol. The molecule has 0 fully saturated rings. The molecule has 4 nitrogen and oxygen atoms in total. The second-order valence-corrected chi connectivity index (χ2v) is 4.39. The highest BCUT2D eigenvalue weighted by atomic mass is 19.4. The minimum absolute atomic E-state index is 0.0200. The number of methoxy groups -OCH3 is 1. The van der Waals surface area contributed by atoms with E-state index in [4.69, 9.17) is 4.74 Å². The Bertz CT molecular complexity index is 551. The number of esters is 1. The van der Waals surface area contributed by atoms with Gasteiger partial charge in [0.25, 0.3) is 0 Å². The maximum atomic E-state index is 12.4. The summed E-state index contributed by atoms with van der Waals surface area (Å²) < 4.78 is 46.8. The van der Waals surface area contributed by atoms with Crippen molar-refractivity contribution in [3.63, 3.8) is 0 Å². The molecule has 1 aromatic carbocycles. The lowest BCUT2D eigenvalue weighted by Crippen LogP contribution is -2.32. The van der Waals surface area contributed by atoms with E-state index in [0.717, 1.165) is 0 Å². The molecule has 1 aliphatic rings. The largest absolute Gasteiger partial charge is 0.492 e. The van der Waals surface area contributed by atoms with E-state index in [-0.39, 0.29) is 23.5 Å². The average Bonchev–Trinajstić information content (AvgIpc) is 2.39. The Kier molecular flexibility index (Phi) is 3.69. The van der Waals surface area contributed by atoms with Crippen molar-refractivity contribution < 1.29 is 32.2 Å². The molecule has 0 aliphatic carbocycles. The van der Waals surface area contributed by atoms with Gasteiger partial charge in [0.15, 0.2) is 5.78 Å². The summed E-state index contributed by atoms with van der Waals surface area (Å²) in [4.78, 5) is 23.4. The summed E-state index contributed by atoms with van der Waals surface area (Å²) in [5, 5.41) is 0. The van der Waals surface area contributed by atoms with Gasteiger partial charge in [-0.3, -0.25) is 4.79 Å². The first kappa shape index (κ1) is 14.4. The van der Waals surface area contributed by atoms with Crippen LogP contribution in [0.4, 0.5) is 13.2 Å². The second kappa shape index (κ2) is 5.15. The monoisotopic (exact) mass is 288 g/mol. The highest BCUT2D eigenvalue weighted by Gasteiger charge is 2.39. The van der Waals surface area contributed by atoms with E-state index in [1.165, 1.54) is 25.3 Å². The minimum Gasteiger partial charge on any atom is -0.492 e. The normalized spacial score (nSPS) is 18.2. The number of rotatable bonds is 2. The van der Waals surface area contributed by atoms with Crippen molar-refractivity contribution in [3.05, 3.63) is 29.3 Å². The highest BCUT2D eigenvalue weighted by molar-refractivity contribution is 6.03. The number of alkyl halides is 3. The van der Waals surface area contributed by atoms with Crippen molar-refractivity contribution in [1.82, 2.24) is 0 Å². The number of carbonyl (C=O) groups excluding carboxylic acids is 2. The zero-order valence-electron chi connectivity index (χ0n) is 10.5. The number of ether oxygens (including phenoxy) is 2. The van der Waals surface area contributed by atoms with Gasteiger partial charge in [-0.2, -0.15) is 13.2 Å². The maximum absolute atomic E-state index is 12.4. The predicted octanol–water partition coefficient (Wildman–Crippen LogP) is 2.62. The molecule has 0 radical (unpaired) electrons. The van der Waals surface area contributed by atoms with Crippen LogP contribution in [0, 0.1) is 5.92 Å². The Morgan fingerprint density at radius 2 is 2.15 bits per heavy atom. The Morgan fingerprint density at radius 3 is 2.75 bits per heavy atom. The topological polar surface area (TPSA) is 52.6 Å². The van der Waals surface area contributed by atoms with Gasteiger partial charge >= 0.3 is 12.1 Å². The SMILES string of the molecule is COC(=O)c1ccc2c(c1)C(=O)C(CC(F)(F)F)CO2. The van der Waals surface area contributed by atoms with Crippen molar-refractivity contribution in [3.8, 4) is 5.75 Å². The molecule has 1 aliphatic heterocycles. The number of carbonyl (C=O) groups is 2.